The Hall–Kier alpha value is -1.79. The van der Waals surface area contributed by atoms with Gasteiger partial charge in [0.25, 0.3) is 0 Å². The number of hydrogen-bond donors (Lipinski definition) is 1. The molecule has 1 rings (SSSR count). The maximum absolute atomic E-state index is 11.0. The Labute approximate surface area is 88.7 Å². The van der Waals surface area contributed by atoms with Crippen molar-refractivity contribution in [2.24, 2.45) is 0 Å². The molecule has 1 aromatic carbocycles. The van der Waals surface area contributed by atoms with Crippen LogP contribution in [0.25, 0.3) is 0 Å². The van der Waals surface area contributed by atoms with Gasteiger partial charge in [-0.05, 0) is 12.5 Å². The van der Waals surface area contributed by atoms with E-state index in [2.05, 4.69) is 11.8 Å². The van der Waals surface area contributed by atoms with Crippen LogP contribution in [0.15, 0.2) is 30.3 Å². The highest BCUT2D eigenvalue weighted by atomic mass is 16.5. The quantitative estimate of drug-likeness (QED) is 0.446. The summed E-state index contributed by atoms with van der Waals surface area (Å²) in [6.07, 6.45) is -0.811. The summed E-state index contributed by atoms with van der Waals surface area (Å²) in [5.74, 6) is 3.88. The summed E-state index contributed by atoms with van der Waals surface area (Å²) in [6.45, 7) is 1.69. The Bertz CT molecular complexity index is 371. The van der Waals surface area contributed by atoms with Gasteiger partial charge in [0.05, 0.1) is 0 Å². The molecule has 1 aromatic rings. The van der Waals surface area contributed by atoms with E-state index in [0.717, 1.165) is 5.56 Å². The average molecular weight is 204 g/mol. The molecule has 3 nitrogen and oxygen atoms in total. The van der Waals surface area contributed by atoms with Crippen molar-refractivity contribution in [1.29, 1.82) is 0 Å². The van der Waals surface area contributed by atoms with Gasteiger partial charge < -0.3 is 9.84 Å². The molecule has 0 spiro atoms. The maximum atomic E-state index is 11.0. The lowest BCUT2D eigenvalue weighted by atomic mass is 10.2. The van der Waals surface area contributed by atoms with Gasteiger partial charge in [0.2, 0.25) is 0 Å². The van der Waals surface area contributed by atoms with E-state index in [9.17, 15) is 4.79 Å². The minimum absolute atomic E-state index is 0.203. The predicted molar refractivity (Wildman–Crippen MR) is 55.7 cm³/mol. The highest BCUT2D eigenvalue weighted by molar-refractivity contribution is 5.88. The third-order valence-corrected chi connectivity index (χ3v) is 1.60. The first kappa shape index (κ1) is 11.3. The average Bonchev–Trinajstić information content (AvgIpc) is 2.25. The summed E-state index contributed by atoms with van der Waals surface area (Å²) in [5, 5.41) is 8.81. The number of rotatable bonds is 2. The molecule has 15 heavy (non-hydrogen) atoms. The number of carbonyl (C=O) groups excluding carboxylic acids is 1. The molecule has 0 bridgehead atoms. The second-order valence-corrected chi connectivity index (χ2v) is 3.01. The molecule has 0 heterocycles. The number of aliphatic hydroxyl groups excluding tert-OH is 1. The van der Waals surface area contributed by atoms with Crippen LogP contribution >= 0.6 is 0 Å². The molecule has 1 atom stereocenters. The summed E-state index contributed by atoms with van der Waals surface area (Å²) >= 11 is 0. The molecule has 0 unspecified atom stereocenters. The first-order chi connectivity index (χ1) is 7.18. The summed E-state index contributed by atoms with van der Waals surface area (Å²) in [7, 11) is 0. The molecular formula is C12H12O3. The van der Waals surface area contributed by atoms with Crippen LogP contribution in [0.1, 0.15) is 12.5 Å². The van der Waals surface area contributed by atoms with Gasteiger partial charge in [0.15, 0.2) is 0 Å². The molecule has 0 fully saturated rings. The fourth-order valence-electron chi connectivity index (χ4n) is 0.923. The number of carbonyl (C=O) groups is 1. The Morgan fingerprint density at radius 2 is 2.13 bits per heavy atom. The normalized spacial score (nSPS) is 11.1. The van der Waals surface area contributed by atoms with Gasteiger partial charge in [-0.15, -0.1) is 0 Å². The monoisotopic (exact) mass is 204 g/mol. The van der Waals surface area contributed by atoms with E-state index in [1.54, 1.807) is 0 Å². The van der Waals surface area contributed by atoms with Crippen molar-refractivity contribution in [3.05, 3.63) is 35.9 Å². The fraction of sp³-hybridized carbons (Fsp3) is 0.250. The molecule has 1 N–H and O–H groups in total. The van der Waals surface area contributed by atoms with Crippen LogP contribution in [-0.2, 0) is 16.1 Å². The molecule has 78 valence electrons. The van der Waals surface area contributed by atoms with Crippen molar-refractivity contribution in [1.82, 2.24) is 0 Å². The summed E-state index contributed by atoms with van der Waals surface area (Å²) in [6, 6.07) is 9.33. The fourth-order valence-corrected chi connectivity index (χ4v) is 0.923. The van der Waals surface area contributed by atoms with Gasteiger partial charge in [-0.1, -0.05) is 36.3 Å². The van der Waals surface area contributed by atoms with Crippen molar-refractivity contribution in [2.75, 3.05) is 0 Å². The van der Waals surface area contributed by atoms with Crippen LogP contribution in [0.5, 0.6) is 0 Å². The predicted octanol–water partition coefficient (Wildman–Crippen LogP) is 1.11. The molecule has 3 heteroatoms. The largest absolute Gasteiger partial charge is 0.451 e. The van der Waals surface area contributed by atoms with Crippen LogP contribution < -0.4 is 0 Å². The maximum Gasteiger partial charge on any atom is 0.384 e. The number of hydrogen-bond acceptors (Lipinski definition) is 3. The Balaban J connectivity index is 2.39. The summed E-state index contributed by atoms with van der Waals surface area (Å²) in [4.78, 5) is 11.0. The van der Waals surface area contributed by atoms with Crippen molar-refractivity contribution in [3.8, 4) is 11.8 Å². The van der Waals surface area contributed by atoms with Gasteiger partial charge in [-0.25, -0.2) is 4.79 Å². The van der Waals surface area contributed by atoms with Gasteiger partial charge in [-0.2, -0.15) is 0 Å². The third kappa shape index (κ3) is 4.84. The molecular weight excluding hydrogens is 192 g/mol. The SMILES string of the molecule is C[C@H](O)C#CC(=O)OCc1ccccc1. The van der Waals surface area contributed by atoms with Gasteiger partial charge in [0, 0.05) is 5.92 Å². The lowest BCUT2D eigenvalue weighted by Crippen LogP contribution is -2.03. The standard InChI is InChI=1S/C12H12O3/c1-10(13)7-8-12(14)15-9-11-5-3-2-4-6-11/h2-6,10,13H,9H2,1H3/t10-/m0/s1. The van der Waals surface area contributed by atoms with Gasteiger partial charge in [-0.3, -0.25) is 0 Å². The molecule has 0 saturated carbocycles. The van der Waals surface area contributed by atoms with E-state index < -0.39 is 12.1 Å². The highest BCUT2D eigenvalue weighted by Gasteiger charge is 1.98. The van der Waals surface area contributed by atoms with Crippen LogP contribution in [0, 0.1) is 11.8 Å². The molecule has 0 aromatic heterocycles. The second kappa shape index (κ2) is 5.84. The number of benzene rings is 1. The van der Waals surface area contributed by atoms with E-state index in [4.69, 9.17) is 9.84 Å². The van der Waals surface area contributed by atoms with Crippen LogP contribution in [0.2, 0.25) is 0 Å². The van der Waals surface area contributed by atoms with E-state index >= 15 is 0 Å². The van der Waals surface area contributed by atoms with Gasteiger partial charge >= 0.3 is 5.97 Å². The zero-order valence-electron chi connectivity index (χ0n) is 8.43. The first-order valence-corrected chi connectivity index (χ1v) is 4.59. The first-order valence-electron chi connectivity index (χ1n) is 4.59. The zero-order valence-corrected chi connectivity index (χ0v) is 8.43. The number of ether oxygens (including phenoxy) is 1. The Morgan fingerprint density at radius 3 is 2.73 bits per heavy atom. The highest BCUT2D eigenvalue weighted by Crippen LogP contribution is 2.00. The third-order valence-electron chi connectivity index (χ3n) is 1.60. The van der Waals surface area contributed by atoms with E-state index in [0.29, 0.717) is 0 Å². The van der Waals surface area contributed by atoms with E-state index in [-0.39, 0.29) is 6.61 Å². The molecule has 0 amide bonds. The molecule has 0 radical (unpaired) electrons. The molecule has 0 aliphatic rings. The van der Waals surface area contributed by atoms with E-state index in [1.165, 1.54) is 6.92 Å². The molecule has 0 aliphatic heterocycles. The van der Waals surface area contributed by atoms with Gasteiger partial charge in [0.1, 0.15) is 12.7 Å². The van der Waals surface area contributed by atoms with Crippen molar-refractivity contribution in [2.45, 2.75) is 19.6 Å². The smallest absolute Gasteiger partial charge is 0.384 e. The topological polar surface area (TPSA) is 46.5 Å². The molecule has 0 saturated heterocycles. The van der Waals surface area contributed by atoms with Crippen LogP contribution in [0.4, 0.5) is 0 Å². The van der Waals surface area contributed by atoms with Crippen LogP contribution in [-0.4, -0.2) is 17.2 Å². The van der Waals surface area contributed by atoms with Crippen molar-refractivity contribution >= 4 is 5.97 Å². The lowest BCUT2D eigenvalue weighted by Gasteiger charge is -1.99. The number of aliphatic hydroxyl groups is 1. The lowest BCUT2D eigenvalue weighted by molar-refractivity contribution is -0.137. The number of esters is 1. The Kier molecular flexibility index (Phi) is 4.39. The molecule has 0 aliphatic carbocycles. The van der Waals surface area contributed by atoms with Crippen LogP contribution in [0.3, 0.4) is 0 Å². The summed E-state index contributed by atoms with van der Waals surface area (Å²) in [5.41, 5.74) is 0.907. The summed E-state index contributed by atoms with van der Waals surface area (Å²) < 4.78 is 4.85. The van der Waals surface area contributed by atoms with E-state index in [1.807, 2.05) is 30.3 Å². The minimum Gasteiger partial charge on any atom is -0.451 e. The van der Waals surface area contributed by atoms with Crippen molar-refractivity contribution in [3.63, 3.8) is 0 Å². The Morgan fingerprint density at radius 1 is 1.47 bits per heavy atom. The zero-order chi connectivity index (χ0) is 11.1. The van der Waals surface area contributed by atoms with Crippen molar-refractivity contribution < 1.29 is 14.6 Å². The minimum atomic E-state index is -0.811. The second-order valence-electron chi connectivity index (χ2n) is 3.01.